The minimum absolute atomic E-state index is 0.148. The standard InChI is InChI=1S/C20H22N2O/c23-20(19-8-4-5-11-21-19)16-12-17-9-10-18(13-16)22(17)14-15-6-2-1-3-7-15/h1-8,11,16-18H,9-10,12-14H2. The van der Waals surface area contributed by atoms with Crippen molar-refractivity contribution >= 4 is 5.78 Å². The van der Waals surface area contributed by atoms with Crippen LogP contribution in [0.5, 0.6) is 0 Å². The van der Waals surface area contributed by atoms with Crippen molar-refractivity contribution in [2.45, 2.75) is 44.3 Å². The van der Waals surface area contributed by atoms with E-state index in [-0.39, 0.29) is 11.7 Å². The van der Waals surface area contributed by atoms with E-state index in [4.69, 9.17) is 0 Å². The van der Waals surface area contributed by atoms with Gasteiger partial charge in [-0.1, -0.05) is 36.4 Å². The summed E-state index contributed by atoms with van der Waals surface area (Å²) in [4.78, 5) is 19.6. The maximum absolute atomic E-state index is 12.7. The fourth-order valence-electron chi connectivity index (χ4n) is 4.26. The van der Waals surface area contributed by atoms with Crippen LogP contribution in [0.25, 0.3) is 0 Å². The third-order valence-corrected chi connectivity index (χ3v) is 5.38. The van der Waals surface area contributed by atoms with E-state index in [2.05, 4.69) is 40.2 Å². The monoisotopic (exact) mass is 306 g/mol. The summed E-state index contributed by atoms with van der Waals surface area (Å²) >= 11 is 0. The van der Waals surface area contributed by atoms with E-state index in [0.29, 0.717) is 17.8 Å². The first-order valence-corrected chi connectivity index (χ1v) is 8.56. The predicted octanol–water partition coefficient (Wildman–Crippen LogP) is 3.71. The molecule has 3 heteroatoms. The van der Waals surface area contributed by atoms with Crippen LogP contribution in [0.15, 0.2) is 54.7 Å². The van der Waals surface area contributed by atoms with Gasteiger partial charge in [0.1, 0.15) is 5.69 Å². The molecular formula is C20H22N2O. The Balaban J connectivity index is 1.46. The summed E-state index contributed by atoms with van der Waals surface area (Å²) in [5.41, 5.74) is 2.01. The Hall–Kier alpha value is -2.00. The van der Waals surface area contributed by atoms with Crippen molar-refractivity contribution < 1.29 is 4.79 Å². The highest BCUT2D eigenvalue weighted by atomic mass is 16.1. The third kappa shape index (κ3) is 2.93. The number of piperidine rings is 1. The highest BCUT2D eigenvalue weighted by Crippen LogP contribution is 2.40. The summed E-state index contributed by atoms with van der Waals surface area (Å²) in [5, 5.41) is 0. The molecule has 2 fully saturated rings. The number of nitrogens with zero attached hydrogens (tertiary/aromatic N) is 2. The smallest absolute Gasteiger partial charge is 0.184 e. The van der Waals surface area contributed by atoms with Crippen molar-refractivity contribution in [3.63, 3.8) is 0 Å². The van der Waals surface area contributed by atoms with Gasteiger partial charge in [-0.15, -0.1) is 0 Å². The van der Waals surface area contributed by atoms with Crippen LogP contribution < -0.4 is 0 Å². The molecule has 2 aliphatic rings. The molecule has 3 nitrogen and oxygen atoms in total. The van der Waals surface area contributed by atoms with Crippen molar-refractivity contribution in [1.82, 2.24) is 9.88 Å². The first-order valence-electron chi connectivity index (χ1n) is 8.56. The molecule has 23 heavy (non-hydrogen) atoms. The van der Waals surface area contributed by atoms with Crippen LogP contribution in [0.4, 0.5) is 0 Å². The number of aromatic nitrogens is 1. The van der Waals surface area contributed by atoms with Crippen molar-refractivity contribution in [3.8, 4) is 0 Å². The average molecular weight is 306 g/mol. The lowest BCUT2D eigenvalue weighted by Crippen LogP contribution is -2.44. The van der Waals surface area contributed by atoms with Gasteiger partial charge in [-0.05, 0) is 43.4 Å². The Morgan fingerprint density at radius 1 is 1.00 bits per heavy atom. The molecule has 1 aromatic carbocycles. The van der Waals surface area contributed by atoms with Gasteiger partial charge < -0.3 is 0 Å². The fraction of sp³-hybridized carbons (Fsp3) is 0.400. The number of pyridine rings is 1. The Labute approximate surface area is 137 Å². The molecule has 0 spiro atoms. The van der Waals surface area contributed by atoms with Crippen LogP contribution in [0.1, 0.15) is 41.7 Å². The number of carbonyl (C=O) groups is 1. The molecular weight excluding hydrogens is 284 g/mol. The number of hydrogen-bond acceptors (Lipinski definition) is 3. The average Bonchev–Trinajstić information content (AvgIpc) is 2.84. The third-order valence-electron chi connectivity index (χ3n) is 5.38. The summed E-state index contributed by atoms with van der Waals surface area (Å²) in [6, 6.07) is 17.4. The van der Waals surface area contributed by atoms with Crippen molar-refractivity contribution in [1.29, 1.82) is 0 Å². The molecule has 0 amide bonds. The molecule has 0 saturated carbocycles. The van der Waals surface area contributed by atoms with Crippen LogP contribution in [0.3, 0.4) is 0 Å². The first-order chi connectivity index (χ1) is 11.3. The molecule has 2 aromatic rings. The highest BCUT2D eigenvalue weighted by Gasteiger charge is 2.42. The Bertz CT molecular complexity index is 657. The van der Waals surface area contributed by atoms with Gasteiger partial charge >= 0.3 is 0 Å². The summed E-state index contributed by atoms with van der Waals surface area (Å²) in [5.74, 6) is 0.385. The zero-order valence-electron chi connectivity index (χ0n) is 13.3. The lowest BCUT2D eigenvalue weighted by atomic mass is 9.86. The van der Waals surface area contributed by atoms with E-state index in [0.717, 1.165) is 19.4 Å². The number of rotatable bonds is 4. The summed E-state index contributed by atoms with van der Waals surface area (Å²) in [6.45, 7) is 1.01. The van der Waals surface area contributed by atoms with Gasteiger partial charge in [-0.3, -0.25) is 14.7 Å². The molecule has 118 valence electrons. The Morgan fingerprint density at radius 3 is 2.35 bits per heavy atom. The Morgan fingerprint density at radius 2 is 1.70 bits per heavy atom. The van der Waals surface area contributed by atoms with Gasteiger partial charge in [0.15, 0.2) is 5.78 Å². The lowest BCUT2D eigenvalue weighted by Gasteiger charge is -2.38. The number of carbonyl (C=O) groups excluding carboxylic acids is 1. The summed E-state index contributed by atoms with van der Waals surface area (Å²) in [7, 11) is 0. The van der Waals surface area contributed by atoms with Gasteiger partial charge in [0.25, 0.3) is 0 Å². The second-order valence-corrected chi connectivity index (χ2v) is 6.79. The van der Waals surface area contributed by atoms with Crippen LogP contribution in [-0.2, 0) is 6.54 Å². The van der Waals surface area contributed by atoms with E-state index < -0.39 is 0 Å². The van der Waals surface area contributed by atoms with Crippen molar-refractivity contribution in [2.75, 3.05) is 0 Å². The quantitative estimate of drug-likeness (QED) is 0.807. The van der Waals surface area contributed by atoms with Crippen LogP contribution in [0, 0.1) is 5.92 Å². The highest BCUT2D eigenvalue weighted by molar-refractivity contribution is 5.96. The van der Waals surface area contributed by atoms with Crippen molar-refractivity contribution in [3.05, 3.63) is 66.0 Å². The van der Waals surface area contributed by atoms with E-state index in [1.54, 1.807) is 6.20 Å². The zero-order chi connectivity index (χ0) is 15.6. The molecule has 2 unspecified atom stereocenters. The van der Waals surface area contributed by atoms with Gasteiger partial charge in [0, 0.05) is 30.7 Å². The molecule has 4 rings (SSSR count). The van der Waals surface area contributed by atoms with E-state index >= 15 is 0 Å². The van der Waals surface area contributed by atoms with E-state index in [1.165, 1.54) is 18.4 Å². The normalized spacial score (nSPS) is 27.0. The molecule has 2 atom stereocenters. The lowest BCUT2D eigenvalue weighted by molar-refractivity contribution is 0.0674. The molecule has 1 aromatic heterocycles. The van der Waals surface area contributed by atoms with E-state index in [1.807, 2.05) is 18.2 Å². The van der Waals surface area contributed by atoms with Crippen LogP contribution >= 0.6 is 0 Å². The summed E-state index contributed by atoms with van der Waals surface area (Å²) < 4.78 is 0. The van der Waals surface area contributed by atoms with Gasteiger partial charge in [0.2, 0.25) is 0 Å². The van der Waals surface area contributed by atoms with Gasteiger partial charge in [0.05, 0.1) is 0 Å². The number of benzene rings is 1. The van der Waals surface area contributed by atoms with Crippen LogP contribution in [-0.4, -0.2) is 27.8 Å². The zero-order valence-corrected chi connectivity index (χ0v) is 13.3. The molecule has 2 aliphatic heterocycles. The number of Topliss-reactive ketones (excluding diaryl/α,β-unsaturated/α-hetero) is 1. The minimum Gasteiger partial charge on any atom is -0.293 e. The fourth-order valence-corrected chi connectivity index (χ4v) is 4.26. The number of ketones is 1. The van der Waals surface area contributed by atoms with Crippen LogP contribution in [0.2, 0.25) is 0 Å². The largest absolute Gasteiger partial charge is 0.293 e. The number of fused-ring (bicyclic) bond motifs is 2. The van der Waals surface area contributed by atoms with Gasteiger partial charge in [-0.2, -0.15) is 0 Å². The molecule has 0 aliphatic carbocycles. The molecule has 0 radical (unpaired) electrons. The topological polar surface area (TPSA) is 33.2 Å². The second kappa shape index (κ2) is 6.25. The maximum Gasteiger partial charge on any atom is 0.184 e. The van der Waals surface area contributed by atoms with Crippen molar-refractivity contribution in [2.24, 2.45) is 5.92 Å². The van der Waals surface area contributed by atoms with Gasteiger partial charge in [-0.25, -0.2) is 0 Å². The maximum atomic E-state index is 12.7. The Kier molecular flexibility index (Phi) is 3.96. The molecule has 2 saturated heterocycles. The first kappa shape index (κ1) is 14.6. The summed E-state index contributed by atoms with van der Waals surface area (Å²) in [6.07, 6.45) is 6.14. The molecule has 2 bridgehead atoms. The second-order valence-electron chi connectivity index (χ2n) is 6.79. The molecule has 0 N–H and O–H groups in total. The van der Waals surface area contributed by atoms with E-state index in [9.17, 15) is 4.79 Å². The molecule has 3 heterocycles. The SMILES string of the molecule is O=C(c1ccccn1)C1CC2CCC(C1)N2Cc1ccccc1. The number of hydrogen-bond donors (Lipinski definition) is 0. The minimum atomic E-state index is 0.148. The predicted molar refractivity (Wildman–Crippen MR) is 90.1 cm³/mol.